The summed E-state index contributed by atoms with van der Waals surface area (Å²) in [4.78, 5) is 36.7. The fraction of sp³-hybridized carbons (Fsp3) is 0.864. The van der Waals surface area contributed by atoms with E-state index >= 15 is 0 Å². The number of carbonyl (C=O) groups excluding carboxylic acids is 2. The third kappa shape index (κ3) is 2.87. The van der Waals surface area contributed by atoms with Crippen molar-refractivity contribution in [3.63, 3.8) is 0 Å². The van der Waals surface area contributed by atoms with E-state index in [2.05, 4.69) is 0 Å². The monoisotopic (exact) mass is 407 g/mol. The van der Waals surface area contributed by atoms with Crippen molar-refractivity contribution in [2.24, 2.45) is 46.7 Å². The molecule has 0 aromatic rings. The minimum absolute atomic E-state index is 0.00224. The molecule has 0 aromatic carbocycles. The molecule has 6 aliphatic rings. The minimum Gasteiger partial charge on any atom is -0.480 e. The second-order valence-electron chi connectivity index (χ2n) is 10.5. The van der Waals surface area contributed by atoms with E-state index in [1.165, 1.54) is 19.3 Å². The van der Waals surface area contributed by atoms with Crippen LogP contribution in [0.3, 0.4) is 0 Å². The standard InChI is InChI=1S/C22H30FNO5/c23-15-7-14-17(18(14)22(15,24)20(27)28)19(26)29-3-1-2-16(25)21-8-11-4-12(9-21)6-13(5-11)10-21/h11-15,17-18H,1-10,24H2,(H,27,28)/t11?,12?,13?,14-,15-,17-,18-,21?,22-/m0/s1. The molecule has 0 radical (unpaired) electrons. The molecule has 6 fully saturated rings. The highest BCUT2D eigenvalue weighted by molar-refractivity contribution is 5.87. The summed E-state index contributed by atoms with van der Waals surface area (Å²) < 4.78 is 19.3. The zero-order valence-corrected chi connectivity index (χ0v) is 16.6. The zero-order chi connectivity index (χ0) is 20.6. The van der Waals surface area contributed by atoms with Gasteiger partial charge in [-0.05, 0) is 75.0 Å². The minimum atomic E-state index is -1.98. The van der Waals surface area contributed by atoms with Crippen LogP contribution in [0.5, 0.6) is 0 Å². The number of carbonyl (C=O) groups is 3. The van der Waals surface area contributed by atoms with Crippen molar-refractivity contribution in [1.82, 2.24) is 0 Å². The second-order valence-corrected chi connectivity index (χ2v) is 10.5. The van der Waals surface area contributed by atoms with Gasteiger partial charge in [0.05, 0.1) is 12.5 Å². The summed E-state index contributed by atoms with van der Waals surface area (Å²) >= 11 is 0. The molecule has 0 aromatic heterocycles. The van der Waals surface area contributed by atoms with Crippen molar-refractivity contribution in [1.29, 1.82) is 0 Å². The lowest BCUT2D eigenvalue weighted by atomic mass is 9.48. The van der Waals surface area contributed by atoms with Crippen LogP contribution in [0.4, 0.5) is 4.39 Å². The van der Waals surface area contributed by atoms with Crippen LogP contribution in [0, 0.1) is 40.9 Å². The van der Waals surface area contributed by atoms with Gasteiger partial charge in [-0.25, -0.2) is 4.39 Å². The molecule has 0 saturated heterocycles. The van der Waals surface area contributed by atoms with Gasteiger partial charge in [-0.2, -0.15) is 0 Å². The van der Waals surface area contributed by atoms with E-state index in [-0.39, 0.29) is 24.4 Å². The topological polar surface area (TPSA) is 107 Å². The summed E-state index contributed by atoms with van der Waals surface area (Å²) in [6.07, 6.45) is 6.32. The Hall–Kier alpha value is -1.50. The summed E-state index contributed by atoms with van der Waals surface area (Å²) in [6.45, 7) is 0.149. The molecule has 7 heteroatoms. The van der Waals surface area contributed by atoms with Gasteiger partial charge in [-0.1, -0.05) is 0 Å². The number of fused-ring (bicyclic) bond motifs is 1. The normalized spacial score (nSPS) is 49.0. The average Bonchev–Trinajstić information content (AvgIpc) is 3.30. The third-order valence-electron chi connectivity index (χ3n) is 8.78. The number of nitrogens with two attached hydrogens (primary N) is 1. The highest BCUT2D eigenvalue weighted by Crippen LogP contribution is 2.63. The highest BCUT2D eigenvalue weighted by atomic mass is 19.1. The molecule has 4 bridgehead atoms. The van der Waals surface area contributed by atoms with E-state index in [0.717, 1.165) is 37.0 Å². The SMILES string of the molecule is N[C@]1(C(=O)O)[C@H]2[C@@H](C[C@@H]1F)[C@@H]2C(=O)OCCCC(=O)C12CC3CC(CC(C3)C1)C2. The van der Waals surface area contributed by atoms with Crippen LogP contribution in [0.15, 0.2) is 0 Å². The molecule has 29 heavy (non-hydrogen) atoms. The Morgan fingerprint density at radius 2 is 1.62 bits per heavy atom. The molecule has 0 aliphatic heterocycles. The summed E-state index contributed by atoms with van der Waals surface area (Å²) in [6, 6.07) is 0. The first-order valence-electron chi connectivity index (χ1n) is 11.1. The highest BCUT2D eigenvalue weighted by Gasteiger charge is 2.74. The molecule has 0 unspecified atom stereocenters. The van der Waals surface area contributed by atoms with Crippen LogP contribution in [0.2, 0.25) is 0 Å². The lowest BCUT2D eigenvalue weighted by molar-refractivity contribution is -0.151. The molecule has 0 heterocycles. The van der Waals surface area contributed by atoms with Crippen LogP contribution in [-0.2, 0) is 19.1 Å². The van der Waals surface area contributed by atoms with E-state index < -0.39 is 35.5 Å². The van der Waals surface area contributed by atoms with E-state index in [4.69, 9.17) is 10.5 Å². The number of hydrogen-bond donors (Lipinski definition) is 2. The predicted octanol–water partition coefficient (Wildman–Crippen LogP) is 2.48. The summed E-state index contributed by atoms with van der Waals surface area (Å²) in [7, 11) is 0. The lowest BCUT2D eigenvalue weighted by Gasteiger charge is -2.56. The maximum Gasteiger partial charge on any atom is 0.327 e. The molecule has 6 saturated carbocycles. The van der Waals surface area contributed by atoms with Crippen molar-refractivity contribution >= 4 is 17.7 Å². The number of carboxylic acid groups (broad SMARTS) is 1. The van der Waals surface area contributed by atoms with Crippen molar-refractivity contribution in [3.8, 4) is 0 Å². The number of ketones is 1. The quantitative estimate of drug-likeness (QED) is 0.496. The van der Waals surface area contributed by atoms with Crippen LogP contribution in [-0.4, -0.2) is 41.1 Å². The molecule has 5 atom stereocenters. The van der Waals surface area contributed by atoms with E-state index in [0.29, 0.717) is 18.6 Å². The molecule has 3 N–H and O–H groups in total. The predicted molar refractivity (Wildman–Crippen MR) is 100 cm³/mol. The number of ether oxygens (including phenoxy) is 1. The van der Waals surface area contributed by atoms with E-state index in [1.807, 2.05) is 0 Å². The summed E-state index contributed by atoms with van der Waals surface area (Å²) in [5.74, 6) is -1.03. The molecule has 160 valence electrons. The van der Waals surface area contributed by atoms with Crippen LogP contribution < -0.4 is 5.73 Å². The number of alkyl halides is 1. The molecule has 0 spiro atoms. The Morgan fingerprint density at radius 3 is 2.17 bits per heavy atom. The number of aliphatic carboxylic acids is 1. The number of carboxylic acids is 1. The number of halogens is 1. The first-order valence-corrected chi connectivity index (χ1v) is 11.1. The van der Waals surface area contributed by atoms with Crippen LogP contribution >= 0.6 is 0 Å². The second kappa shape index (κ2) is 6.50. The van der Waals surface area contributed by atoms with Gasteiger partial charge in [0.15, 0.2) is 0 Å². The first-order chi connectivity index (χ1) is 13.7. The Kier molecular flexibility index (Phi) is 4.36. The third-order valence-corrected chi connectivity index (χ3v) is 8.78. The van der Waals surface area contributed by atoms with Gasteiger partial charge >= 0.3 is 11.9 Å². The van der Waals surface area contributed by atoms with Gasteiger partial charge < -0.3 is 15.6 Å². The number of Topliss-reactive ketones (excluding diaryl/α,β-unsaturated/α-hetero) is 1. The van der Waals surface area contributed by atoms with Gasteiger partial charge in [0.25, 0.3) is 0 Å². The van der Waals surface area contributed by atoms with Crippen molar-refractivity contribution in [2.45, 2.75) is 69.5 Å². The Morgan fingerprint density at radius 1 is 1.03 bits per heavy atom. The smallest absolute Gasteiger partial charge is 0.327 e. The largest absolute Gasteiger partial charge is 0.480 e. The first kappa shape index (κ1) is 19.5. The molecular formula is C22H30FNO5. The summed E-state index contributed by atoms with van der Waals surface area (Å²) in [5.41, 5.74) is 3.66. The van der Waals surface area contributed by atoms with Crippen molar-refractivity contribution < 1.29 is 28.6 Å². The Bertz CT molecular complexity index is 718. The van der Waals surface area contributed by atoms with Gasteiger partial charge in [0.2, 0.25) is 0 Å². The van der Waals surface area contributed by atoms with Crippen LogP contribution in [0.25, 0.3) is 0 Å². The molecule has 6 rings (SSSR count). The maximum absolute atomic E-state index is 13.9. The van der Waals surface area contributed by atoms with Gasteiger partial charge in [-0.15, -0.1) is 0 Å². The number of hydrogen-bond acceptors (Lipinski definition) is 5. The maximum atomic E-state index is 13.9. The molecular weight excluding hydrogens is 377 g/mol. The Balaban J connectivity index is 1.10. The van der Waals surface area contributed by atoms with Crippen molar-refractivity contribution in [2.75, 3.05) is 6.61 Å². The zero-order valence-electron chi connectivity index (χ0n) is 16.6. The molecule has 6 aliphatic carbocycles. The molecule has 0 amide bonds. The summed E-state index contributed by atoms with van der Waals surface area (Å²) in [5, 5.41) is 9.28. The van der Waals surface area contributed by atoms with Gasteiger partial charge in [0.1, 0.15) is 17.5 Å². The van der Waals surface area contributed by atoms with Crippen LogP contribution in [0.1, 0.15) is 57.8 Å². The molecule has 6 nitrogen and oxygen atoms in total. The lowest BCUT2D eigenvalue weighted by Crippen LogP contribution is -2.56. The van der Waals surface area contributed by atoms with Gasteiger partial charge in [0, 0.05) is 17.8 Å². The number of rotatable bonds is 7. The average molecular weight is 407 g/mol. The van der Waals surface area contributed by atoms with E-state index in [9.17, 15) is 23.9 Å². The fourth-order valence-electron chi connectivity index (χ4n) is 7.78. The van der Waals surface area contributed by atoms with E-state index in [1.54, 1.807) is 0 Å². The number of esters is 1. The van der Waals surface area contributed by atoms with Crippen molar-refractivity contribution in [3.05, 3.63) is 0 Å². The van der Waals surface area contributed by atoms with Gasteiger partial charge in [-0.3, -0.25) is 14.4 Å². The Labute approximate surface area is 169 Å². The fourth-order valence-corrected chi connectivity index (χ4v) is 7.78.